The number of rotatable bonds is 0. The molecule has 1 fully saturated rings. The van der Waals surface area contributed by atoms with E-state index in [0.717, 1.165) is 12.8 Å². The molecule has 1 aliphatic heterocycles. The van der Waals surface area contributed by atoms with E-state index in [1.54, 1.807) is 0 Å². The quantitative estimate of drug-likeness (QED) is 0.721. The van der Waals surface area contributed by atoms with Crippen molar-refractivity contribution in [1.29, 1.82) is 0 Å². The summed E-state index contributed by atoms with van der Waals surface area (Å²) < 4.78 is 12.8. The third-order valence-electron chi connectivity index (χ3n) is 3.30. The van der Waals surface area contributed by atoms with Crippen molar-refractivity contribution in [3.05, 3.63) is 33.3 Å². The first-order valence-electron chi connectivity index (χ1n) is 5.29. The predicted octanol–water partition coefficient (Wildman–Crippen LogP) is 2.90. The van der Waals surface area contributed by atoms with Crippen molar-refractivity contribution in [3.8, 4) is 0 Å². The third kappa shape index (κ3) is 1.30. The molecular formula is C12H13BrO2. The van der Waals surface area contributed by atoms with Crippen LogP contribution >= 0.6 is 15.9 Å². The van der Waals surface area contributed by atoms with E-state index in [2.05, 4.69) is 35.0 Å². The molecule has 1 aliphatic carbocycles. The molecule has 0 radical (unpaired) electrons. The molecule has 0 unspecified atom stereocenters. The Morgan fingerprint density at radius 3 is 2.73 bits per heavy atom. The largest absolute Gasteiger partial charge is 0.343 e. The van der Waals surface area contributed by atoms with Crippen molar-refractivity contribution < 1.29 is 9.47 Å². The maximum Gasteiger partial charge on any atom is 0.195 e. The molecule has 1 heterocycles. The van der Waals surface area contributed by atoms with Gasteiger partial charge in [0.1, 0.15) is 0 Å². The number of halogens is 1. The van der Waals surface area contributed by atoms with Crippen LogP contribution in [0.4, 0.5) is 0 Å². The van der Waals surface area contributed by atoms with Crippen molar-refractivity contribution >= 4 is 15.9 Å². The van der Waals surface area contributed by atoms with Crippen LogP contribution < -0.4 is 0 Å². The first-order chi connectivity index (χ1) is 7.23. The van der Waals surface area contributed by atoms with E-state index in [1.165, 1.54) is 21.2 Å². The van der Waals surface area contributed by atoms with Crippen LogP contribution in [-0.2, 0) is 21.7 Å². The van der Waals surface area contributed by atoms with Crippen LogP contribution in [0.3, 0.4) is 0 Å². The summed E-state index contributed by atoms with van der Waals surface area (Å²) in [5, 5.41) is 0. The van der Waals surface area contributed by atoms with Gasteiger partial charge in [-0.25, -0.2) is 0 Å². The fraction of sp³-hybridized carbons (Fsp3) is 0.500. The number of aryl methyl sites for hydroxylation is 1. The first kappa shape index (κ1) is 9.82. The lowest BCUT2D eigenvalue weighted by Gasteiger charge is -2.24. The topological polar surface area (TPSA) is 18.5 Å². The summed E-state index contributed by atoms with van der Waals surface area (Å²) in [6, 6.07) is 4.24. The van der Waals surface area contributed by atoms with Gasteiger partial charge in [-0.15, -0.1) is 0 Å². The van der Waals surface area contributed by atoms with Gasteiger partial charge in [-0.2, -0.15) is 0 Å². The Labute approximate surface area is 97.7 Å². The monoisotopic (exact) mass is 268 g/mol. The van der Waals surface area contributed by atoms with E-state index in [-0.39, 0.29) is 0 Å². The van der Waals surface area contributed by atoms with Crippen LogP contribution in [0.2, 0.25) is 0 Å². The molecule has 3 rings (SSSR count). The van der Waals surface area contributed by atoms with Crippen molar-refractivity contribution in [2.75, 3.05) is 13.2 Å². The molecule has 0 atom stereocenters. The van der Waals surface area contributed by atoms with E-state index < -0.39 is 5.79 Å². The summed E-state index contributed by atoms with van der Waals surface area (Å²) in [6.07, 6.45) is 1.99. The zero-order valence-electron chi connectivity index (χ0n) is 8.68. The predicted molar refractivity (Wildman–Crippen MR) is 60.8 cm³/mol. The number of benzene rings is 1. The smallest absolute Gasteiger partial charge is 0.195 e. The second-order valence-electron chi connectivity index (χ2n) is 4.17. The highest BCUT2D eigenvalue weighted by Gasteiger charge is 2.45. The van der Waals surface area contributed by atoms with E-state index >= 15 is 0 Å². The fourth-order valence-corrected chi connectivity index (χ4v) is 3.20. The summed E-state index contributed by atoms with van der Waals surface area (Å²) in [5.41, 5.74) is 3.89. The van der Waals surface area contributed by atoms with Crippen LogP contribution in [0, 0.1) is 6.92 Å². The Balaban J connectivity index is 2.20. The molecule has 0 aromatic heterocycles. The molecule has 15 heavy (non-hydrogen) atoms. The van der Waals surface area contributed by atoms with Gasteiger partial charge in [-0.3, -0.25) is 0 Å². The number of fused-ring (bicyclic) bond motifs is 2. The lowest BCUT2D eigenvalue weighted by molar-refractivity contribution is -0.163. The molecule has 80 valence electrons. The zero-order chi connectivity index (χ0) is 10.5. The second-order valence-corrected chi connectivity index (χ2v) is 5.02. The van der Waals surface area contributed by atoms with Gasteiger partial charge in [0.05, 0.1) is 13.2 Å². The van der Waals surface area contributed by atoms with Gasteiger partial charge in [0, 0.05) is 16.5 Å². The summed E-state index contributed by atoms with van der Waals surface area (Å²) in [6.45, 7) is 3.56. The Bertz CT molecular complexity index is 408. The van der Waals surface area contributed by atoms with Crippen LogP contribution in [0.25, 0.3) is 0 Å². The van der Waals surface area contributed by atoms with Crippen LogP contribution in [-0.4, -0.2) is 13.2 Å². The highest BCUT2D eigenvalue weighted by atomic mass is 79.9. The molecular weight excluding hydrogens is 256 g/mol. The van der Waals surface area contributed by atoms with Crippen molar-refractivity contribution in [2.24, 2.45) is 0 Å². The minimum atomic E-state index is -0.427. The van der Waals surface area contributed by atoms with Crippen LogP contribution in [0.15, 0.2) is 16.6 Å². The molecule has 0 amide bonds. The lowest BCUT2D eigenvalue weighted by atomic mass is 10.0. The average molecular weight is 269 g/mol. The van der Waals surface area contributed by atoms with Gasteiger partial charge in [0.2, 0.25) is 0 Å². The van der Waals surface area contributed by atoms with Crippen LogP contribution in [0.1, 0.15) is 23.1 Å². The van der Waals surface area contributed by atoms with Crippen molar-refractivity contribution in [2.45, 2.75) is 25.6 Å². The Morgan fingerprint density at radius 2 is 2.00 bits per heavy atom. The Hall–Kier alpha value is -0.380. The van der Waals surface area contributed by atoms with Gasteiger partial charge in [-0.1, -0.05) is 22.0 Å². The second kappa shape index (κ2) is 3.30. The molecule has 1 aromatic rings. The van der Waals surface area contributed by atoms with Gasteiger partial charge >= 0.3 is 0 Å². The Kier molecular flexibility index (Phi) is 2.16. The fourth-order valence-electron chi connectivity index (χ4n) is 2.67. The molecule has 2 nitrogen and oxygen atoms in total. The van der Waals surface area contributed by atoms with Gasteiger partial charge < -0.3 is 9.47 Å². The van der Waals surface area contributed by atoms with E-state index in [0.29, 0.717) is 13.2 Å². The third-order valence-corrected chi connectivity index (χ3v) is 4.05. The molecule has 0 saturated carbocycles. The summed E-state index contributed by atoms with van der Waals surface area (Å²) in [7, 11) is 0. The van der Waals surface area contributed by atoms with E-state index in [4.69, 9.17) is 9.47 Å². The molecule has 2 aliphatic rings. The first-order valence-corrected chi connectivity index (χ1v) is 6.09. The molecule has 0 N–H and O–H groups in total. The molecule has 0 bridgehead atoms. The van der Waals surface area contributed by atoms with E-state index in [9.17, 15) is 0 Å². The number of ether oxygens (including phenoxy) is 2. The van der Waals surface area contributed by atoms with E-state index in [1.807, 2.05) is 0 Å². The lowest BCUT2D eigenvalue weighted by Crippen LogP contribution is -2.24. The van der Waals surface area contributed by atoms with Crippen LogP contribution in [0.5, 0.6) is 0 Å². The highest BCUT2D eigenvalue weighted by Crippen LogP contribution is 2.47. The standard InChI is InChI=1S/C12H13BrO2/c1-8-2-3-10(13)9-4-5-12(11(8)9)14-6-7-15-12/h2-3H,4-7H2,1H3. The van der Waals surface area contributed by atoms with Gasteiger partial charge in [0.25, 0.3) is 0 Å². The highest BCUT2D eigenvalue weighted by molar-refractivity contribution is 9.10. The van der Waals surface area contributed by atoms with Gasteiger partial charge in [-0.05, 0) is 30.5 Å². The van der Waals surface area contributed by atoms with Gasteiger partial charge in [0.15, 0.2) is 5.79 Å². The average Bonchev–Trinajstić information content (AvgIpc) is 2.83. The molecule has 1 spiro atoms. The number of hydrogen-bond acceptors (Lipinski definition) is 2. The summed E-state index contributed by atoms with van der Waals surface area (Å²) >= 11 is 3.60. The maximum atomic E-state index is 5.82. The zero-order valence-corrected chi connectivity index (χ0v) is 10.3. The summed E-state index contributed by atoms with van der Waals surface area (Å²) in [4.78, 5) is 0. The molecule has 1 saturated heterocycles. The summed E-state index contributed by atoms with van der Waals surface area (Å²) in [5.74, 6) is -0.427. The molecule has 1 aromatic carbocycles. The maximum absolute atomic E-state index is 5.82. The normalized spacial score (nSPS) is 22.3. The SMILES string of the molecule is Cc1ccc(Br)c2c1C1(CC2)OCCO1. The minimum absolute atomic E-state index is 0.427. The Morgan fingerprint density at radius 1 is 1.27 bits per heavy atom. The van der Waals surface area contributed by atoms with Crippen molar-refractivity contribution in [1.82, 2.24) is 0 Å². The minimum Gasteiger partial charge on any atom is -0.343 e. The van der Waals surface area contributed by atoms with Crippen molar-refractivity contribution in [3.63, 3.8) is 0 Å². The number of hydrogen-bond donors (Lipinski definition) is 0. The molecule has 3 heteroatoms.